The first-order valence-corrected chi connectivity index (χ1v) is 15.4. The molecule has 4 atom stereocenters. The van der Waals surface area contributed by atoms with Gasteiger partial charge in [0.1, 0.15) is 35.5 Å². The van der Waals surface area contributed by atoms with Crippen LogP contribution in [-0.2, 0) is 25.6 Å². The van der Waals surface area contributed by atoms with E-state index in [2.05, 4.69) is 34.7 Å². The van der Waals surface area contributed by atoms with Crippen molar-refractivity contribution >= 4 is 47.6 Å². The first-order valence-electron chi connectivity index (χ1n) is 14.6. The van der Waals surface area contributed by atoms with Crippen LogP contribution in [0.3, 0.4) is 0 Å². The van der Waals surface area contributed by atoms with Gasteiger partial charge in [-0.3, -0.25) is 19.2 Å². The number of amides is 4. The molecule has 2 unspecified atom stereocenters. The van der Waals surface area contributed by atoms with Crippen molar-refractivity contribution in [2.24, 2.45) is 5.10 Å². The van der Waals surface area contributed by atoms with E-state index < -0.39 is 57.8 Å². The molecule has 45 heavy (non-hydrogen) atoms. The Morgan fingerprint density at radius 3 is 2.58 bits per heavy atom. The quantitative estimate of drug-likeness (QED) is 0.0809. The van der Waals surface area contributed by atoms with Crippen LogP contribution >= 0.6 is 11.8 Å². The maximum absolute atomic E-state index is 13.4. The van der Waals surface area contributed by atoms with Crippen molar-refractivity contribution in [3.05, 3.63) is 77.9 Å². The number of hydrazone groups is 1. The second kappa shape index (κ2) is 14.4. The van der Waals surface area contributed by atoms with Crippen LogP contribution in [0.2, 0.25) is 0 Å². The third kappa shape index (κ3) is 7.54. The average Bonchev–Trinajstić information content (AvgIpc) is 3.27. The Labute approximate surface area is 265 Å². The fourth-order valence-electron chi connectivity index (χ4n) is 5.22. The number of thioether (sulfide) groups is 1. The molecule has 4 N–H and O–H groups in total. The number of rotatable bonds is 14. The van der Waals surface area contributed by atoms with Gasteiger partial charge in [0, 0.05) is 10.3 Å². The highest BCUT2D eigenvalue weighted by molar-refractivity contribution is 8.01. The lowest BCUT2D eigenvalue weighted by molar-refractivity contribution is -0.161. The van der Waals surface area contributed by atoms with Gasteiger partial charge in [-0.2, -0.15) is 5.10 Å². The zero-order valence-corrected chi connectivity index (χ0v) is 26.1. The summed E-state index contributed by atoms with van der Waals surface area (Å²) in [5.41, 5.74) is 3.87. The number of carboxylic acids is 1. The van der Waals surface area contributed by atoms with Crippen LogP contribution < -0.4 is 20.8 Å². The van der Waals surface area contributed by atoms with E-state index in [0.717, 1.165) is 24.6 Å². The van der Waals surface area contributed by atoms with Crippen molar-refractivity contribution in [2.75, 3.05) is 6.61 Å². The lowest BCUT2D eigenvalue weighted by Gasteiger charge is -2.44. The fourth-order valence-corrected chi connectivity index (χ4v) is 6.85. The number of carboxylic acid groups (broad SMARTS) is 1. The molecule has 2 fully saturated rings. The standard InChI is InChI=1S/C32H37N5O7S/c1-5-7-16-44-22-15-14-21(17-20(22)11-6-2)27(39)36-33-18-23(38)34-24(19-12-9-8-10-13-19)28(40)35-25-29(41)37-26(31(42)43)32(3,4)45-30(25)37/h6,8-10,12-15,17-18,24-26,30H,2,5,7,11,16H2,1,3-4H3,(H,34,38)(H,35,40)(H,36,39)(H,42,43)/b33-18+/t24?,25?,26-,30+/m0/s1. The van der Waals surface area contributed by atoms with Crippen LogP contribution in [0.1, 0.15) is 61.1 Å². The monoisotopic (exact) mass is 635 g/mol. The van der Waals surface area contributed by atoms with Crippen molar-refractivity contribution in [1.82, 2.24) is 21.0 Å². The van der Waals surface area contributed by atoms with Gasteiger partial charge in [-0.15, -0.1) is 18.3 Å². The summed E-state index contributed by atoms with van der Waals surface area (Å²) >= 11 is 1.30. The molecular weight excluding hydrogens is 598 g/mol. The summed E-state index contributed by atoms with van der Waals surface area (Å²) in [6, 6.07) is 10.2. The molecule has 2 aromatic carbocycles. The third-order valence-electron chi connectivity index (χ3n) is 7.44. The Balaban J connectivity index is 1.40. The van der Waals surface area contributed by atoms with Crippen LogP contribution in [0.25, 0.3) is 0 Å². The molecule has 0 bridgehead atoms. The van der Waals surface area contributed by atoms with Crippen molar-refractivity contribution < 1.29 is 33.8 Å². The van der Waals surface area contributed by atoms with E-state index in [0.29, 0.717) is 29.9 Å². The Kier molecular flexibility index (Phi) is 10.7. The number of aliphatic carboxylic acids is 1. The topological polar surface area (TPSA) is 166 Å². The Morgan fingerprint density at radius 2 is 1.91 bits per heavy atom. The molecule has 13 heteroatoms. The highest BCUT2D eigenvalue weighted by Gasteiger charge is 2.64. The largest absolute Gasteiger partial charge is 0.493 e. The molecule has 4 amide bonds. The smallest absolute Gasteiger partial charge is 0.327 e. The number of hydrogen-bond acceptors (Lipinski definition) is 8. The van der Waals surface area contributed by atoms with Gasteiger partial charge >= 0.3 is 5.97 Å². The molecule has 2 aliphatic rings. The molecule has 238 valence electrons. The summed E-state index contributed by atoms with van der Waals surface area (Å²) < 4.78 is 5.06. The molecule has 4 rings (SSSR count). The first-order chi connectivity index (χ1) is 21.5. The van der Waals surface area contributed by atoms with Gasteiger partial charge in [-0.1, -0.05) is 49.8 Å². The number of carbonyl (C=O) groups excluding carboxylic acids is 4. The number of ether oxygens (including phenoxy) is 1. The molecule has 0 saturated carbocycles. The number of carbonyl (C=O) groups is 5. The number of nitrogens with one attached hydrogen (secondary N) is 3. The maximum atomic E-state index is 13.4. The van der Waals surface area contributed by atoms with Gasteiger partial charge < -0.3 is 25.4 Å². The normalized spacial score (nSPS) is 20.5. The molecule has 2 saturated heterocycles. The van der Waals surface area contributed by atoms with Crippen LogP contribution in [-0.4, -0.2) is 74.6 Å². The van der Waals surface area contributed by atoms with Gasteiger partial charge in [-0.25, -0.2) is 10.2 Å². The summed E-state index contributed by atoms with van der Waals surface area (Å²) in [6.45, 7) is 9.87. The van der Waals surface area contributed by atoms with Crippen molar-refractivity contribution in [2.45, 2.75) is 68.3 Å². The highest BCUT2D eigenvalue weighted by atomic mass is 32.2. The van der Waals surface area contributed by atoms with Crippen LogP contribution in [0.4, 0.5) is 0 Å². The lowest BCUT2D eigenvalue weighted by Crippen LogP contribution is -2.71. The number of benzene rings is 2. The fraction of sp³-hybridized carbons (Fsp3) is 0.375. The summed E-state index contributed by atoms with van der Waals surface area (Å²) in [7, 11) is 0. The minimum Gasteiger partial charge on any atom is -0.493 e. The number of hydrogen-bond donors (Lipinski definition) is 4. The Hall–Kier alpha value is -4.65. The highest BCUT2D eigenvalue weighted by Crippen LogP contribution is 2.50. The van der Waals surface area contributed by atoms with Gasteiger partial charge in [0.2, 0.25) is 11.8 Å². The molecule has 0 radical (unpaired) electrons. The van der Waals surface area contributed by atoms with Crippen LogP contribution in [0.5, 0.6) is 5.75 Å². The first kappa shape index (κ1) is 33.2. The van der Waals surface area contributed by atoms with E-state index in [1.165, 1.54) is 16.7 Å². The summed E-state index contributed by atoms with van der Waals surface area (Å²) in [6.07, 6.45) is 4.95. The maximum Gasteiger partial charge on any atom is 0.327 e. The lowest BCUT2D eigenvalue weighted by atomic mass is 9.95. The van der Waals surface area contributed by atoms with E-state index in [4.69, 9.17) is 4.74 Å². The van der Waals surface area contributed by atoms with Crippen molar-refractivity contribution in [3.63, 3.8) is 0 Å². The molecule has 12 nitrogen and oxygen atoms in total. The minimum atomic E-state index is -1.20. The second-order valence-corrected chi connectivity index (χ2v) is 12.9. The molecule has 0 spiro atoms. The zero-order chi connectivity index (χ0) is 32.7. The Morgan fingerprint density at radius 1 is 1.18 bits per heavy atom. The molecule has 2 heterocycles. The zero-order valence-electron chi connectivity index (χ0n) is 25.3. The van der Waals surface area contributed by atoms with Crippen molar-refractivity contribution in [3.8, 4) is 5.75 Å². The molecule has 2 aromatic rings. The third-order valence-corrected chi connectivity index (χ3v) is 9.02. The number of fused-ring (bicyclic) bond motifs is 1. The van der Waals surface area contributed by atoms with Gasteiger partial charge in [0.25, 0.3) is 11.8 Å². The van der Waals surface area contributed by atoms with Gasteiger partial charge in [-0.05, 0) is 56.0 Å². The van der Waals surface area contributed by atoms with E-state index in [1.807, 2.05) is 0 Å². The molecule has 0 aromatic heterocycles. The number of allylic oxidation sites excluding steroid dienone is 1. The number of β-lactam (4-membered cyclic amide) rings is 1. The predicted octanol–water partition coefficient (Wildman–Crippen LogP) is 2.80. The van der Waals surface area contributed by atoms with Crippen LogP contribution in [0, 0.1) is 0 Å². The van der Waals surface area contributed by atoms with Crippen molar-refractivity contribution in [1.29, 1.82) is 0 Å². The molecule has 2 aliphatic heterocycles. The number of nitrogens with zero attached hydrogens (tertiary/aromatic N) is 2. The summed E-state index contributed by atoms with van der Waals surface area (Å²) in [5, 5.41) is 18.1. The predicted molar refractivity (Wildman–Crippen MR) is 170 cm³/mol. The summed E-state index contributed by atoms with van der Waals surface area (Å²) in [5.74, 6) is -2.92. The van der Waals surface area contributed by atoms with Gasteiger partial charge in [0.05, 0.1) is 6.61 Å². The summed E-state index contributed by atoms with van der Waals surface area (Å²) in [4.78, 5) is 64.9. The van der Waals surface area contributed by atoms with E-state index in [1.54, 1.807) is 68.5 Å². The Bertz CT molecular complexity index is 1500. The SMILES string of the molecule is C=CCc1cc(C(=O)N/N=C/C(=O)NC(C(=O)NC2C(=O)N3[C@@H]2SC(C)(C)[C@@H]3C(=O)O)c2ccccc2)ccc1OCCCC. The molecule has 0 aliphatic carbocycles. The number of unbranched alkanes of at least 4 members (excludes halogenated alkanes) is 1. The van der Waals surface area contributed by atoms with E-state index in [9.17, 15) is 29.1 Å². The average molecular weight is 636 g/mol. The van der Waals surface area contributed by atoms with E-state index >= 15 is 0 Å². The van der Waals surface area contributed by atoms with Crippen LogP contribution in [0.15, 0.2) is 66.3 Å². The second-order valence-electron chi connectivity index (χ2n) is 11.2. The minimum absolute atomic E-state index is 0.311. The molecular formula is C32H37N5O7S. The van der Waals surface area contributed by atoms with E-state index in [-0.39, 0.29) is 0 Å². The van der Waals surface area contributed by atoms with Gasteiger partial charge in [0.15, 0.2) is 0 Å².